The molecule has 0 radical (unpaired) electrons. The molecule has 0 heterocycles. The Bertz CT molecular complexity index is 407. The normalized spacial score (nSPS) is 10.4. The number of nitrogens with two attached hydrogens (primary N) is 1. The largest absolute Gasteiger partial charge is 0.399 e. The summed E-state index contributed by atoms with van der Waals surface area (Å²) in [5, 5.41) is 2.96. The van der Waals surface area contributed by atoms with Crippen LogP contribution in [0.2, 0.25) is 0 Å². The first kappa shape index (κ1) is 15.9. The number of carbonyl (C=O) groups is 1. The predicted molar refractivity (Wildman–Crippen MR) is 84.8 cm³/mol. The molecule has 3 nitrogen and oxygen atoms in total. The standard InChI is InChI=1S/C15H24N2OS/c1-12-7-8-13(16)11-14(12)15(18)17-9-5-3-4-6-10-19-2/h7-8,11H,3-6,9-10,16H2,1-2H3,(H,17,18). The Hall–Kier alpha value is -1.16. The molecule has 0 unspecified atom stereocenters. The summed E-state index contributed by atoms with van der Waals surface area (Å²) in [4.78, 5) is 12.0. The molecular weight excluding hydrogens is 256 g/mol. The Morgan fingerprint density at radius 1 is 1.26 bits per heavy atom. The topological polar surface area (TPSA) is 55.1 Å². The first-order valence-electron chi connectivity index (χ1n) is 6.78. The second-order valence-electron chi connectivity index (χ2n) is 4.74. The summed E-state index contributed by atoms with van der Waals surface area (Å²) >= 11 is 1.89. The zero-order chi connectivity index (χ0) is 14.1. The van der Waals surface area contributed by atoms with E-state index in [0.717, 1.165) is 18.5 Å². The van der Waals surface area contributed by atoms with E-state index in [0.29, 0.717) is 11.3 Å². The number of carbonyl (C=O) groups excluding carboxylic acids is 1. The van der Waals surface area contributed by atoms with Crippen LogP contribution in [0.25, 0.3) is 0 Å². The van der Waals surface area contributed by atoms with Gasteiger partial charge in [0, 0.05) is 17.8 Å². The van der Waals surface area contributed by atoms with Gasteiger partial charge >= 0.3 is 0 Å². The minimum absolute atomic E-state index is 0.0195. The Labute approximate surface area is 120 Å². The third-order valence-corrected chi connectivity index (χ3v) is 3.76. The van der Waals surface area contributed by atoms with Crippen LogP contribution in [-0.4, -0.2) is 24.5 Å². The number of rotatable bonds is 8. The highest BCUT2D eigenvalue weighted by molar-refractivity contribution is 7.98. The van der Waals surface area contributed by atoms with Gasteiger partial charge in [-0.05, 0) is 49.5 Å². The Morgan fingerprint density at radius 2 is 2.00 bits per heavy atom. The fourth-order valence-electron chi connectivity index (χ4n) is 1.91. The average molecular weight is 280 g/mol. The second-order valence-corrected chi connectivity index (χ2v) is 5.72. The zero-order valence-corrected chi connectivity index (χ0v) is 12.7. The maximum absolute atomic E-state index is 12.0. The monoisotopic (exact) mass is 280 g/mol. The summed E-state index contributed by atoms with van der Waals surface area (Å²) in [6.07, 6.45) is 6.86. The van der Waals surface area contributed by atoms with E-state index >= 15 is 0 Å². The van der Waals surface area contributed by atoms with E-state index in [1.165, 1.54) is 25.0 Å². The van der Waals surface area contributed by atoms with Crippen LogP contribution >= 0.6 is 11.8 Å². The SMILES string of the molecule is CSCCCCCCNC(=O)c1cc(N)ccc1C. The van der Waals surface area contributed by atoms with Gasteiger partial charge in [0.15, 0.2) is 0 Å². The number of hydrogen-bond donors (Lipinski definition) is 2. The van der Waals surface area contributed by atoms with Crippen molar-refractivity contribution in [2.75, 3.05) is 24.3 Å². The number of hydrogen-bond acceptors (Lipinski definition) is 3. The van der Waals surface area contributed by atoms with Crippen molar-refractivity contribution in [3.8, 4) is 0 Å². The minimum atomic E-state index is -0.0195. The molecule has 106 valence electrons. The molecule has 0 spiro atoms. The fourth-order valence-corrected chi connectivity index (χ4v) is 2.40. The van der Waals surface area contributed by atoms with Gasteiger partial charge in [-0.2, -0.15) is 11.8 Å². The summed E-state index contributed by atoms with van der Waals surface area (Å²) in [7, 11) is 0. The van der Waals surface area contributed by atoms with E-state index in [9.17, 15) is 4.79 Å². The lowest BCUT2D eigenvalue weighted by Crippen LogP contribution is -2.25. The molecule has 0 aliphatic rings. The number of thioether (sulfide) groups is 1. The first-order chi connectivity index (χ1) is 9.15. The van der Waals surface area contributed by atoms with Gasteiger partial charge in [-0.3, -0.25) is 4.79 Å². The maximum atomic E-state index is 12.0. The molecule has 0 bridgehead atoms. The molecule has 0 aliphatic heterocycles. The lowest BCUT2D eigenvalue weighted by Gasteiger charge is -2.08. The summed E-state index contributed by atoms with van der Waals surface area (Å²) < 4.78 is 0. The Kier molecular flexibility index (Phi) is 7.41. The Morgan fingerprint density at radius 3 is 2.74 bits per heavy atom. The molecule has 0 fully saturated rings. The number of unbranched alkanes of at least 4 members (excludes halogenated alkanes) is 3. The number of nitrogens with one attached hydrogen (secondary N) is 1. The van der Waals surface area contributed by atoms with E-state index < -0.39 is 0 Å². The van der Waals surface area contributed by atoms with Gasteiger partial charge in [0.05, 0.1) is 0 Å². The molecule has 0 saturated heterocycles. The maximum Gasteiger partial charge on any atom is 0.251 e. The molecule has 1 aromatic rings. The summed E-state index contributed by atoms with van der Waals surface area (Å²) in [5.41, 5.74) is 7.99. The van der Waals surface area contributed by atoms with Crippen molar-refractivity contribution in [3.05, 3.63) is 29.3 Å². The third-order valence-electron chi connectivity index (χ3n) is 3.07. The number of amides is 1. The Balaban J connectivity index is 2.26. The van der Waals surface area contributed by atoms with Gasteiger partial charge in [-0.15, -0.1) is 0 Å². The zero-order valence-electron chi connectivity index (χ0n) is 11.9. The highest BCUT2D eigenvalue weighted by Crippen LogP contribution is 2.12. The number of nitrogen functional groups attached to an aromatic ring is 1. The molecule has 3 N–H and O–H groups in total. The molecule has 0 saturated carbocycles. The van der Waals surface area contributed by atoms with Gasteiger partial charge in [0.1, 0.15) is 0 Å². The van der Waals surface area contributed by atoms with E-state index in [1.807, 2.05) is 30.8 Å². The quantitative estimate of drug-likeness (QED) is 0.568. The molecule has 0 aliphatic carbocycles. The molecule has 0 atom stereocenters. The average Bonchev–Trinajstić information content (AvgIpc) is 2.40. The van der Waals surface area contributed by atoms with E-state index in [1.54, 1.807) is 6.07 Å². The van der Waals surface area contributed by atoms with Crippen LogP contribution in [0, 0.1) is 6.92 Å². The van der Waals surface area contributed by atoms with Crippen LogP contribution in [0.5, 0.6) is 0 Å². The van der Waals surface area contributed by atoms with Crippen molar-refractivity contribution in [1.82, 2.24) is 5.32 Å². The fraction of sp³-hybridized carbons (Fsp3) is 0.533. The van der Waals surface area contributed by atoms with Crippen LogP contribution in [-0.2, 0) is 0 Å². The van der Waals surface area contributed by atoms with E-state index in [2.05, 4.69) is 11.6 Å². The molecular formula is C15H24N2OS. The lowest BCUT2D eigenvalue weighted by molar-refractivity contribution is 0.0952. The molecule has 19 heavy (non-hydrogen) atoms. The van der Waals surface area contributed by atoms with Gasteiger partial charge < -0.3 is 11.1 Å². The van der Waals surface area contributed by atoms with Crippen LogP contribution in [0.4, 0.5) is 5.69 Å². The van der Waals surface area contributed by atoms with E-state index in [-0.39, 0.29) is 5.91 Å². The summed E-state index contributed by atoms with van der Waals surface area (Å²) in [6.45, 7) is 2.67. The van der Waals surface area contributed by atoms with Gasteiger partial charge in [0.25, 0.3) is 5.91 Å². The van der Waals surface area contributed by atoms with E-state index in [4.69, 9.17) is 5.73 Å². The van der Waals surface area contributed by atoms with Crippen LogP contribution in [0.15, 0.2) is 18.2 Å². The van der Waals surface area contributed by atoms with Crippen LogP contribution in [0.3, 0.4) is 0 Å². The molecule has 1 rings (SSSR count). The van der Waals surface area contributed by atoms with Crippen molar-refractivity contribution < 1.29 is 4.79 Å². The second kappa shape index (κ2) is 8.86. The highest BCUT2D eigenvalue weighted by Gasteiger charge is 2.08. The predicted octanol–water partition coefficient (Wildman–Crippen LogP) is 3.23. The van der Waals surface area contributed by atoms with Crippen LogP contribution < -0.4 is 11.1 Å². The summed E-state index contributed by atoms with van der Waals surface area (Å²) in [6, 6.07) is 5.44. The van der Waals surface area contributed by atoms with Gasteiger partial charge in [-0.25, -0.2) is 0 Å². The van der Waals surface area contributed by atoms with Crippen molar-refractivity contribution in [2.45, 2.75) is 32.6 Å². The van der Waals surface area contributed by atoms with Crippen molar-refractivity contribution >= 4 is 23.4 Å². The van der Waals surface area contributed by atoms with Crippen molar-refractivity contribution in [3.63, 3.8) is 0 Å². The third kappa shape index (κ3) is 6.01. The number of anilines is 1. The number of aryl methyl sites for hydroxylation is 1. The number of benzene rings is 1. The van der Waals surface area contributed by atoms with Gasteiger partial charge in [-0.1, -0.05) is 18.9 Å². The molecule has 4 heteroatoms. The van der Waals surface area contributed by atoms with Crippen LogP contribution in [0.1, 0.15) is 41.6 Å². The van der Waals surface area contributed by atoms with Crippen molar-refractivity contribution in [1.29, 1.82) is 0 Å². The first-order valence-corrected chi connectivity index (χ1v) is 8.18. The lowest BCUT2D eigenvalue weighted by atomic mass is 10.1. The molecule has 0 aromatic heterocycles. The van der Waals surface area contributed by atoms with Gasteiger partial charge in [0.2, 0.25) is 0 Å². The summed E-state index contributed by atoms with van der Waals surface area (Å²) in [5.74, 6) is 1.21. The minimum Gasteiger partial charge on any atom is -0.399 e. The highest BCUT2D eigenvalue weighted by atomic mass is 32.2. The molecule has 1 aromatic carbocycles. The van der Waals surface area contributed by atoms with Crippen molar-refractivity contribution in [2.24, 2.45) is 0 Å². The smallest absolute Gasteiger partial charge is 0.251 e. The molecule has 1 amide bonds.